The molecule has 1 N–H and O–H groups in total. The summed E-state index contributed by atoms with van der Waals surface area (Å²) in [6.07, 6.45) is -4.64. The Morgan fingerprint density at radius 3 is 2.33 bits per heavy atom. The van der Waals surface area contributed by atoms with E-state index < -0.39 is 29.2 Å². The van der Waals surface area contributed by atoms with Crippen LogP contribution < -0.4 is 15.0 Å². The highest BCUT2D eigenvalue weighted by Crippen LogP contribution is 2.37. The van der Waals surface area contributed by atoms with Crippen LogP contribution in [0.5, 0.6) is 5.75 Å². The first-order valence-corrected chi connectivity index (χ1v) is 7.63. The fourth-order valence-corrected chi connectivity index (χ4v) is 2.15. The van der Waals surface area contributed by atoms with Gasteiger partial charge in [-0.1, -0.05) is 0 Å². The summed E-state index contributed by atoms with van der Waals surface area (Å²) in [4.78, 5) is 23.4. The topological polar surface area (TPSA) is 84.7 Å². The lowest BCUT2D eigenvalue weighted by Gasteiger charge is -2.18. The number of anilines is 2. The van der Waals surface area contributed by atoms with Crippen LogP contribution in [-0.4, -0.2) is 31.5 Å². The van der Waals surface area contributed by atoms with E-state index in [1.54, 1.807) is 14.1 Å². The zero-order valence-electron chi connectivity index (χ0n) is 14.4. The van der Waals surface area contributed by atoms with Crippen LogP contribution in [0.15, 0.2) is 42.5 Å². The SMILES string of the molecule is CN(C)c1ccc(NC(=O)COc2ccc([N+](=O)[O-])cc2)c(C(F)(F)F)c1. The zero-order chi connectivity index (χ0) is 20.2. The highest BCUT2D eigenvalue weighted by Gasteiger charge is 2.34. The predicted molar refractivity (Wildman–Crippen MR) is 93.0 cm³/mol. The molecule has 0 radical (unpaired) electrons. The smallest absolute Gasteiger partial charge is 0.418 e. The molecule has 0 saturated heterocycles. The number of carbonyl (C=O) groups is 1. The van der Waals surface area contributed by atoms with Gasteiger partial charge in [0.25, 0.3) is 11.6 Å². The first kappa shape index (κ1) is 20.0. The monoisotopic (exact) mass is 383 g/mol. The number of carbonyl (C=O) groups excluding carboxylic acids is 1. The summed E-state index contributed by atoms with van der Waals surface area (Å²) in [5.74, 6) is -0.619. The van der Waals surface area contributed by atoms with Crippen molar-refractivity contribution in [1.82, 2.24) is 0 Å². The molecule has 0 unspecified atom stereocenters. The van der Waals surface area contributed by atoms with Gasteiger partial charge in [-0.2, -0.15) is 13.2 Å². The van der Waals surface area contributed by atoms with Crippen molar-refractivity contribution in [3.05, 3.63) is 58.1 Å². The maximum Gasteiger partial charge on any atom is 0.418 e. The van der Waals surface area contributed by atoms with Crippen molar-refractivity contribution in [2.45, 2.75) is 6.18 Å². The molecule has 1 amide bonds. The lowest BCUT2D eigenvalue weighted by atomic mass is 10.1. The Morgan fingerprint density at radius 2 is 1.81 bits per heavy atom. The number of hydrogen-bond acceptors (Lipinski definition) is 5. The van der Waals surface area contributed by atoms with Gasteiger partial charge in [-0.3, -0.25) is 14.9 Å². The average Bonchev–Trinajstić information content (AvgIpc) is 2.59. The van der Waals surface area contributed by atoms with Crippen molar-refractivity contribution in [2.75, 3.05) is 30.9 Å². The number of ether oxygens (including phenoxy) is 1. The van der Waals surface area contributed by atoms with E-state index in [9.17, 15) is 28.1 Å². The molecule has 0 spiro atoms. The van der Waals surface area contributed by atoms with Crippen LogP contribution in [0.2, 0.25) is 0 Å². The van der Waals surface area contributed by atoms with Crippen LogP contribution in [0.25, 0.3) is 0 Å². The number of nitrogens with zero attached hydrogens (tertiary/aromatic N) is 2. The Kier molecular flexibility index (Phi) is 5.88. The van der Waals surface area contributed by atoms with Crippen LogP contribution in [-0.2, 0) is 11.0 Å². The average molecular weight is 383 g/mol. The first-order valence-electron chi connectivity index (χ1n) is 7.63. The van der Waals surface area contributed by atoms with Crippen molar-refractivity contribution in [1.29, 1.82) is 0 Å². The van der Waals surface area contributed by atoms with Crippen molar-refractivity contribution in [3.8, 4) is 5.75 Å². The second-order valence-electron chi connectivity index (χ2n) is 5.71. The Labute approximate surface area is 152 Å². The van der Waals surface area contributed by atoms with Gasteiger partial charge in [0.1, 0.15) is 5.75 Å². The van der Waals surface area contributed by atoms with Gasteiger partial charge in [0.15, 0.2) is 6.61 Å². The van der Waals surface area contributed by atoms with E-state index in [2.05, 4.69) is 5.32 Å². The molecule has 2 aromatic carbocycles. The third-order valence-electron chi connectivity index (χ3n) is 3.52. The van der Waals surface area contributed by atoms with Crippen molar-refractivity contribution in [2.24, 2.45) is 0 Å². The molecule has 7 nitrogen and oxygen atoms in total. The Hall–Kier alpha value is -3.30. The van der Waals surface area contributed by atoms with E-state index in [0.29, 0.717) is 5.69 Å². The van der Waals surface area contributed by atoms with Crippen molar-refractivity contribution < 1.29 is 27.6 Å². The lowest BCUT2D eigenvalue weighted by molar-refractivity contribution is -0.384. The number of nitrogens with one attached hydrogen (secondary N) is 1. The van der Waals surface area contributed by atoms with Crippen LogP contribution >= 0.6 is 0 Å². The number of non-ortho nitro benzene ring substituents is 1. The van der Waals surface area contributed by atoms with Crippen LogP contribution in [0, 0.1) is 10.1 Å². The molecular formula is C17H16F3N3O4. The minimum absolute atomic E-state index is 0.150. The van der Waals surface area contributed by atoms with E-state index in [1.807, 2.05) is 0 Å². The van der Waals surface area contributed by atoms with Gasteiger partial charge in [0.05, 0.1) is 16.2 Å². The summed E-state index contributed by atoms with van der Waals surface area (Å²) in [7, 11) is 3.21. The standard InChI is InChI=1S/C17H16F3N3O4/c1-22(2)12-5-8-15(14(9-12)17(18,19)20)21-16(24)10-27-13-6-3-11(4-7-13)23(25)26/h3-9H,10H2,1-2H3,(H,21,24). The largest absolute Gasteiger partial charge is 0.484 e. The number of hydrogen-bond donors (Lipinski definition) is 1. The van der Waals surface area contributed by atoms with Gasteiger partial charge in [-0.05, 0) is 30.3 Å². The van der Waals surface area contributed by atoms with Crippen LogP contribution in [0.3, 0.4) is 0 Å². The summed E-state index contributed by atoms with van der Waals surface area (Å²) >= 11 is 0. The number of nitro benzene ring substituents is 1. The molecule has 0 bridgehead atoms. The Bertz CT molecular complexity index is 836. The minimum Gasteiger partial charge on any atom is -0.484 e. The number of alkyl halides is 3. The normalized spacial score (nSPS) is 11.0. The van der Waals surface area contributed by atoms with Crippen molar-refractivity contribution in [3.63, 3.8) is 0 Å². The maximum atomic E-state index is 13.2. The highest BCUT2D eigenvalue weighted by atomic mass is 19.4. The van der Waals surface area contributed by atoms with Crippen molar-refractivity contribution >= 4 is 23.0 Å². The summed E-state index contributed by atoms with van der Waals surface area (Å²) in [5, 5.41) is 12.7. The number of halogens is 3. The summed E-state index contributed by atoms with van der Waals surface area (Å²) in [6, 6.07) is 8.51. The zero-order valence-corrected chi connectivity index (χ0v) is 14.4. The molecule has 0 aliphatic rings. The fraction of sp³-hybridized carbons (Fsp3) is 0.235. The summed E-state index contributed by atoms with van der Waals surface area (Å²) in [6.45, 7) is -0.551. The maximum absolute atomic E-state index is 13.2. The molecule has 0 saturated carbocycles. The molecule has 2 aromatic rings. The van der Waals surface area contributed by atoms with Crippen LogP contribution in [0.1, 0.15) is 5.56 Å². The Balaban J connectivity index is 2.07. The quantitative estimate of drug-likeness (QED) is 0.607. The molecule has 0 aliphatic carbocycles. The summed E-state index contributed by atoms with van der Waals surface area (Å²) in [5.41, 5.74) is -1.17. The second kappa shape index (κ2) is 7.94. The van der Waals surface area contributed by atoms with E-state index in [1.165, 1.54) is 41.3 Å². The molecular weight excluding hydrogens is 367 g/mol. The molecule has 0 aromatic heterocycles. The fourth-order valence-electron chi connectivity index (χ4n) is 2.15. The van der Waals surface area contributed by atoms with Crippen LogP contribution in [0.4, 0.5) is 30.2 Å². The lowest BCUT2D eigenvalue weighted by Crippen LogP contribution is -2.22. The number of rotatable bonds is 6. The number of amides is 1. The third kappa shape index (κ3) is 5.33. The summed E-state index contributed by atoms with van der Waals surface area (Å²) < 4.78 is 44.9. The van der Waals surface area contributed by atoms with Gasteiger partial charge < -0.3 is 15.0 Å². The third-order valence-corrected chi connectivity index (χ3v) is 3.52. The predicted octanol–water partition coefficient (Wildman–Crippen LogP) is 3.70. The van der Waals surface area contributed by atoms with Gasteiger partial charge in [0, 0.05) is 31.9 Å². The molecule has 10 heteroatoms. The van der Waals surface area contributed by atoms with E-state index in [-0.39, 0.29) is 17.1 Å². The molecule has 0 atom stereocenters. The molecule has 144 valence electrons. The number of nitro groups is 1. The molecule has 0 fully saturated rings. The molecule has 0 heterocycles. The van der Waals surface area contributed by atoms with E-state index >= 15 is 0 Å². The first-order chi connectivity index (χ1) is 12.6. The van der Waals surface area contributed by atoms with E-state index in [0.717, 1.165) is 6.07 Å². The van der Waals surface area contributed by atoms with E-state index in [4.69, 9.17) is 4.74 Å². The number of benzene rings is 2. The molecule has 2 rings (SSSR count). The minimum atomic E-state index is -4.64. The van der Waals surface area contributed by atoms with Gasteiger partial charge >= 0.3 is 6.18 Å². The second-order valence-corrected chi connectivity index (χ2v) is 5.71. The van der Waals surface area contributed by atoms with Gasteiger partial charge in [-0.25, -0.2) is 0 Å². The van der Waals surface area contributed by atoms with Gasteiger partial charge in [-0.15, -0.1) is 0 Å². The molecule has 0 aliphatic heterocycles. The van der Waals surface area contributed by atoms with Gasteiger partial charge in [0.2, 0.25) is 0 Å². The molecule has 27 heavy (non-hydrogen) atoms. The highest BCUT2D eigenvalue weighted by molar-refractivity contribution is 5.93. The Morgan fingerprint density at radius 1 is 1.19 bits per heavy atom.